The van der Waals surface area contributed by atoms with E-state index < -0.39 is 8.07 Å². The van der Waals surface area contributed by atoms with E-state index in [1.807, 2.05) is 10.8 Å². The summed E-state index contributed by atoms with van der Waals surface area (Å²) in [6.45, 7) is 8.34. The zero-order valence-electron chi connectivity index (χ0n) is 11.0. The highest BCUT2D eigenvalue weighted by Crippen LogP contribution is 2.21. The Hall–Kier alpha value is -0.843. The molecule has 2 rings (SSSR count). The van der Waals surface area contributed by atoms with Gasteiger partial charge in [-0.25, -0.2) is 4.98 Å². The number of ether oxygens (including phenoxy) is 1. The van der Waals surface area contributed by atoms with Gasteiger partial charge in [0, 0.05) is 38.5 Å². The molecule has 0 unspecified atom stereocenters. The van der Waals surface area contributed by atoms with Crippen LogP contribution in [-0.4, -0.2) is 24.2 Å². The third kappa shape index (κ3) is 3.34. The number of hydrogen-bond donors (Lipinski definition) is 0. The van der Waals surface area contributed by atoms with E-state index in [1.54, 1.807) is 12.3 Å². The van der Waals surface area contributed by atoms with Gasteiger partial charge in [0.2, 0.25) is 0 Å². The van der Waals surface area contributed by atoms with Crippen molar-refractivity contribution in [2.45, 2.75) is 32.4 Å². The number of hydrogen-bond acceptors (Lipinski definition) is 2. The molecule has 2 aromatic heterocycles. The Morgan fingerprint density at radius 2 is 2.22 bits per heavy atom. The smallest absolute Gasteiger partial charge is 0.143 e. The van der Waals surface area contributed by atoms with Gasteiger partial charge in [0.25, 0.3) is 0 Å². The van der Waals surface area contributed by atoms with E-state index in [9.17, 15) is 0 Å². The molecule has 0 aliphatic rings. The molecule has 0 aliphatic heterocycles. The Morgan fingerprint density at radius 1 is 1.44 bits per heavy atom. The van der Waals surface area contributed by atoms with Gasteiger partial charge in [0.15, 0.2) is 0 Å². The first-order valence-electron chi connectivity index (χ1n) is 6.06. The highest BCUT2D eigenvalue weighted by molar-refractivity contribution is 6.76. The van der Waals surface area contributed by atoms with Crippen LogP contribution in [0.15, 0.2) is 18.5 Å². The first kappa shape index (κ1) is 13.6. The lowest BCUT2D eigenvalue weighted by Gasteiger charge is -2.15. The van der Waals surface area contributed by atoms with Gasteiger partial charge < -0.3 is 9.30 Å². The molecule has 1 radical (unpaired) electrons. The van der Waals surface area contributed by atoms with Crippen LogP contribution in [0.1, 0.15) is 0 Å². The first-order valence-corrected chi connectivity index (χ1v) is 10.1. The zero-order chi connectivity index (χ0) is 13.2. The second-order valence-corrected chi connectivity index (χ2v) is 11.6. The topological polar surface area (TPSA) is 27.1 Å². The average molecular weight is 282 g/mol. The predicted octanol–water partition coefficient (Wildman–Crippen LogP) is 3.80. The normalized spacial score (nSPS) is 12.2. The number of pyridine rings is 1. The van der Waals surface area contributed by atoms with Crippen molar-refractivity contribution in [3.05, 3.63) is 29.5 Å². The van der Waals surface area contributed by atoms with Gasteiger partial charge in [-0.3, -0.25) is 0 Å². The van der Waals surface area contributed by atoms with Gasteiger partial charge in [0.1, 0.15) is 12.4 Å². The van der Waals surface area contributed by atoms with Crippen LogP contribution in [0.4, 0.5) is 0 Å². The lowest BCUT2D eigenvalue weighted by Crippen LogP contribution is -2.22. The molecule has 2 heterocycles. The van der Waals surface area contributed by atoms with Gasteiger partial charge in [-0.2, -0.15) is 0 Å². The SMILES string of the molecule is C[Si](C)(C)CCOCn1c[c]c2c(Cl)ccnc21. The molecule has 3 nitrogen and oxygen atoms in total. The maximum absolute atomic E-state index is 6.07. The molecule has 0 aliphatic carbocycles. The maximum Gasteiger partial charge on any atom is 0.143 e. The summed E-state index contributed by atoms with van der Waals surface area (Å²) in [5.74, 6) is 0. The molecule has 0 atom stereocenters. The molecular formula is C13H18ClN2OSi. The van der Waals surface area contributed by atoms with Gasteiger partial charge >= 0.3 is 0 Å². The molecule has 0 amide bonds. The third-order valence-corrected chi connectivity index (χ3v) is 4.76. The summed E-state index contributed by atoms with van der Waals surface area (Å²) >= 11 is 6.07. The molecule has 0 aromatic carbocycles. The van der Waals surface area contributed by atoms with Crippen molar-refractivity contribution in [1.82, 2.24) is 9.55 Å². The minimum atomic E-state index is -1.02. The Kier molecular flexibility index (Phi) is 4.09. The van der Waals surface area contributed by atoms with Gasteiger partial charge in [-0.05, 0) is 12.1 Å². The molecular weight excluding hydrogens is 264 g/mol. The number of nitrogens with zero attached hydrogens (tertiary/aromatic N) is 2. The quantitative estimate of drug-likeness (QED) is 0.616. The number of aromatic nitrogens is 2. The minimum absolute atomic E-state index is 0.512. The van der Waals surface area contributed by atoms with Crippen LogP contribution in [-0.2, 0) is 11.5 Å². The molecule has 0 saturated carbocycles. The molecule has 0 saturated heterocycles. The minimum Gasteiger partial charge on any atom is -0.361 e. The predicted molar refractivity (Wildman–Crippen MR) is 77.7 cm³/mol. The third-order valence-electron chi connectivity index (χ3n) is 2.74. The summed E-state index contributed by atoms with van der Waals surface area (Å²) < 4.78 is 7.63. The fraction of sp³-hybridized carbons (Fsp3) is 0.462. The lowest BCUT2D eigenvalue weighted by atomic mass is 10.3. The van der Waals surface area contributed by atoms with Crippen molar-refractivity contribution in [1.29, 1.82) is 0 Å². The van der Waals surface area contributed by atoms with Crippen molar-refractivity contribution < 1.29 is 4.74 Å². The molecule has 2 aromatic rings. The molecule has 97 valence electrons. The summed E-state index contributed by atoms with van der Waals surface area (Å²) in [5, 5.41) is 1.54. The zero-order valence-corrected chi connectivity index (χ0v) is 12.8. The lowest BCUT2D eigenvalue weighted by molar-refractivity contribution is 0.0898. The van der Waals surface area contributed by atoms with Crippen LogP contribution in [0.3, 0.4) is 0 Å². The molecule has 0 spiro atoms. The Morgan fingerprint density at radius 3 is 2.94 bits per heavy atom. The Balaban J connectivity index is 1.98. The van der Waals surface area contributed by atoms with Crippen molar-refractivity contribution in [3.63, 3.8) is 0 Å². The molecule has 0 N–H and O–H groups in total. The fourth-order valence-corrected chi connectivity index (χ4v) is 2.57. The molecule has 0 bridgehead atoms. The van der Waals surface area contributed by atoms with Crippen molar-refractivity contribution in [2.75, 3.05) is 6.61 Å². The Labute approximate surface area is 114 Å². The van der Waals surface area contributed by atoms with Gasteiger partial charge in [0.05, 0.1) is 5.02 Å². The maximum atomic E-state index is 6.07. The molecule has 0 fully saturated rings. The largest absolute Gasteiger partial charge is 0.361 e. The summed E-state index contributed by atoms with van der Waals surface area (Å²) in [4.78, 5) is 4.31. The van der Waals surface area contributed by atoms with Crippen molar-refractivity contribution >= 4 is 30.7 Å². The summed E-state index contributed by atoms with van der Waals surface area (Å²) in [7, 11) is -1.02. The first-order chi connectivity index (χ1) is 8.47. The molecule has 18 heavy (non-hydrogen) atoms. The van der Waals surface area contributed by atoms with Crippen LogP contribution in [0.2, 0.25) is 30.7 Å². The highest BCUT2D eigenvalue weighted by Gasteiger charge is 2.12. The van der Waals surface area contributed by atoms with Crippen LogP contribution in [0, 0.1) is 6.07 Å². The van der Waals surface area contributed by atoms with E-state index in [1.165, 1.54) is 6.04 Å². The summed E-state index contributed by atoms with van der Waals surface area (Å²) in [5.41, 5.74) is 0.829. The van der Waals surface area contributed by atoms with Crippen LogP contribution < -0.4 is 0 Å². The number of halogens is 1. The summed E-state index contributed by atoms with van der Waals surface area (Å²) in [6.07, 6.45) is 3.55. The van der Waals surface area contributed by atoms with E-state index in [0.29, 0.717) is 11.8 Å². The number of fused-ring (bicyclic) bond motifs is 1. The van der Waals surface area contributed by atoms with E-state index in [2.05, 4.69) is 30.7 Å². The van der Waals surface area contributed by atoms with Crippen molar-refractivity contribution in [3.8, 4) is 0 Å². The van der Waals surface area contributed by atoms with Crippen LogP contribution in [0.25, 0.3) is 11.0 Å². The fourth-order valence-electron chi connectivity index (χ4n) is 1.62. The van der Waals surface area contributed by atoms with E-state index in [4.69, 9.17) is 16.3 Å². The second-order valence-electron chi connectivity index (χ2n) is 5.58. The van der Waals surface area contributed by atoms with Crippen molar-refractivity contribution in [2.24, 2.45) is 0 Å². The second kappa shape index (κ2) is 5.43. The van der Waals surface area contributed by atoms with Gasteiger partial charge in [-0.1, -0.05) is 31.2 Å². The van der Waals surface area contributed by atoms with E-state index in [-0.39, 0.29) is 0 Å². The van der Waals surface area contributed by atoms with Crippen LogP contribution in [0.5, 0.6) is 0 Å². The highest BCUT2D eigenvalue weighted by atomic mass is 35.5. The van der Waals surface area contributed by atoms with Gasteiger partial charge in [-0.15, -0.1) is 0 Å². The average Bonchev–Trinajstić information content (AvgIpc) is 2.68. The molecule has 5 heteroatoms. The standard InChI is InChI=1S/C13H18ClN2OSi/c1-18(2,3)9-8-17-10-16-7-5-11-12(14)4-6-15-13(11)16/h4,6-7H,8-10H2,1-3H3. The Bertz CT molecular complexity index is 533. The monoisotopic (exact) mass is 281 g/mol. The summed E-state index contributed by atoms with van der Waals surface area (Å²) in [6, 6.07) is 6.06. The van der Waals surface area contributed by atoms with E-state index in [0.717, 1.165) is 17.6 Å². The number of rotatable bonds is 5. The van der Waals surface area contributed by atoms with Crippen LogP contribution >= 0.6 is 11.6 Å². The van der Waals surface area contributed by atoms with E-state index >= 15 is 0 Å².